The van der Waals surface area contributed by atoms with Crippen molar-refractivity contribution in [2.75, 3.05) is 20.7 Å². The SMILES string of the molecule is CON(C)CC1CCCCCC1N. The second-order valence-electron chi connectivity index (χ2n) is 4.05. The van der Waals surface area contributed by atoms with Crippen LogP contribution in [0.2, 0.25) is 0 Å². The molecule has 2 atom stereocenters. The van der Waals surface area contributed by atoms with E-state index in [0.717, 1.165) is 6.54 Å². The van der Waals surface area contributed by atoms with E-state index in [-0.39, 0.29) is 0 Å². The van der Waals surface area contributed by atoms with Crippen LogP contribution in [0.5, 0.6) is 0 Å². The average molecular weight is 186 g/mol. The summed E-state index contributed by atoms with van der Waals surface area (Å²) in [4.78, 5) is 5.12. The lowest BCUT2D eigenvalue weighted by molar-refractivity contribution is -0.119. The zero-order valence-corrected chi connectivity index (χ0v) is 8.83. The Kier molecular flexibility index (Phi) is 4.70. The molecular formula is C10H22N2O. The molecule has 1 aliphatic carbocycles. The Labute approximate surface area is 81.2 Å². The van der Waals surface area contributed by atoms with Gasteiger partial charge in [-0.3, -0.25) is 0 Å². The number of hydrogen-bond donors (Lipinski definition) is 1. The van der Waals surface area contributed by atoms with Gasteiger partial charge in [0.25, 0.3) is 0 Å². The molecular weight excluding hydrogens is 164 g/mol. The third kappa shape index (κ3) is 3.63. The number of hydroxylamine groups is 2. The van der Waals surface area contributed by atoms with Crippen molar-refractivity contribution in [1.82, 2.24) is 5.06 Å². The largest absolute Gasteiger partial charge is 0.327 e. The first kappa shape index (κ1) is 11.0. The van der Waals surface area contributed by atoms with E-state index in [0.29, 0.717) is 12.0 Å². The summed E-state index contributed by atoms with van der Waals surface area (Å²) in [5, 5.41) is 1.88. The normalized spacial score (nSPS) is 30.5. The van der Waals surface area contributed by atoms with Crippen molar-refractivity contribution in [3.05, 3.63) is 0 Å². The fourth-order valence-electron chi connectivity index (χ4n) is 2.04. The maximum atomic E-state index is 6.10. The highest BCUT2D eigenvalue weighted by atomic mass is 16.7. The zero-order valence-electron chi connectivity index (χ0n) is 8.83. The van der Waals surface area contributed by atoms with Gasteiger partial charge in [0.15, 0.2) is 0 Å². The van der Waals surface area contributed by atoms with Crippen molar-refractivity contribution in [2.24, 2.45) is 11.7 Å². The molecule has 0 aliphatic heterocycles. The Balaban J connectivity index is 2.35. The van der Waals surface area contributed by atoms with Crippen LogP contribution in [0.4, 0.5) is 0 Å². The van der Waals surface area contributed by atoms with Gasteiger partial charge < -0.3 is 10.6 Å². The second-order valence-corrected chi connectivity index (χ2v) is 4.05. The predicted molar refractivity (Wildman–Crippen MR) is 54.2 cm³/mol. The minimum Gasteiger partial charge on any atom is -0.327 e. The molecule has 0 bridgehead atoms. The standard InChI is InChI=1S/C10H22N2O/c1-12(13-2)8-9-6-4-3-5-7-10(9)11/h9-10H,3-8,11H2,1-2H3. The summed E-state index contributed by atoms with van der Waals surface area (Å²) in [5.41, 5.74) is 6.10. The van der Waals surface area contributed by atoms with Crippen molar-refractivity contribution in [3.8, 4) is 0 Å². The van der Waals surface area contributed by atoms with Crippen LogP contribution in [0.3, 0.4) is 0 Å². The number of rotatable bonds is 3. The van der Waals surface area contributed by atoms with E-state index in [1.54, 1.807) is 7.11 Å². The molecule has 1 aliphatic rings. The number of nitrogens with two attached hydrogens (primary N) is 1. The van der Waals surface area contributed by atoms with Crippen LogP contribution in [0.15, 0.2) is 0 Å². The Bertz CT molecular complexity index is 141. The highest BCUT2D eigenvalue weighted by Crippen LogP contribution is 2.22. The maximum Gasteiger partial charge on any atom is 0.0575 e. The van der Waals surface area contributed by atoms with Crippen LogP contribution in [0, 0.1) is 5.92 Å². The smallest absolute Gasteiger partial charge is 0.0575 e. The Hall–Kier alpha value is -0.120. The lowest BCUT2D eigenvalue weighted by atomic mass is 9.95. The molecule has 0 aromatic carbocycles. The Morgan fingerprint density at radius 3 is 2.69 bits per heavy atom. The summed E-state index contributed by atoms with van der Waals surface area (Å²) in [6.45, 7) is 0.970. The van der Waals surface area contributed by atoms with E-state index < -0.39 is 0 Å². The van der Waals surface area contributed by atoms with Gasteiger partial charge in [0, 0.05) is 19.6 Å². The van der Waals surface area contributed by atoms with E-state index in [2.05, 4.69) is 0 Å². The summed E-state index contributed by atoms with van der Waals surface area (Å²) in [5.74, 6) is 0.618. The van der Waals surface area contributed by atoms with Gasteiger partial charge in [0.05, 0.1) is 7.11 Å². The monoisotopic (exact) mass is 186 g/mol. The quantitative estimate of drug-likeness (QED) is 0.534. The van der Waals surface area contributed by atoms with Crippen LogP contribution in [-0.4, -0.2) is 31.8 Å². The minimum atomic E-state index is 0.375. The summed E-state index contributed by atoms with van der Waals surface area (Å²) in [6.07, 6.45) is 6.42. The molecule has 78 valence electrons. The van der Waals surface area contributed by atoms with Gasteiger partial charge in [-0.25, -0.2) is 0 Å². The average Bonchev–Trinajstić information content (AvgIpc) is 2.32. The first-order chi connectivity index (χ1) is 6.24. The van der Waals surface area contributed by atoms with Crippen LogP contribution in [0.1, 0.15) is 32.1 Å². The van der Waals surface area contributed by atoms with Gasteiger partial charge in [-0.05, 0) is 18.8 Å². The number of nitrogens with zero attached hydrogens (tertiary/aromatic N) is 1. The van der Waals surface area contributed by atoms with E-state index in [4.69, 9.17) is 10.6 Å². The van der Waals surface area contributed by atoms with Gasteiger partial charge >= 0.3 is 0 Å². The number of hydrogen-bond acceptors (Lipinski definition) is 3. The molecule has 2 unspecified atom stereocenters. The first-order valence-electron chi connectivity index (χ1n) is 5.25. The molecule has 0 amide bonds. The van der Waals surface area contributed by atoms with Gasteiger partial charge in [-0.1, -0.05) is 19.3 Å². The molecule has 1 rings (SSSR count). The summed E-state index contributed by atoms with van der Waals surface area (Å²) >= 11 is 0. The molecule has 2 N–H and O–H groups in total. The van der Waals surface area contributed by atoms with Gasteiger partial charge in [-0.2, -0.15) is 5.06 Å². The van der Waals surface area contributed by atoms with Crippen molar-refractivity contribution in [1.29, 1.82) is 0 Å². The molecule has 3 heteroatoms. The zero-order chi connectivity index (χ0) is 9.68. The molecule has 3 nitrogen and oxygen atoms in total. The fraction of sp³-hybridized carbons (Fsp3) is 1.00. The highest BCUT2D eigenvalue weighted by molar-refractivity contribution is 4.77. The Morgan fingerprint density at radius 2 is 2.00 bits per heavy atom. The Morgan fingerprint density at radius 1 is 1.31 bits per heavy atom. The van der Waals surface area contributed by atoms with Crippen molar-refractivity contribution in [2.45, 2.75) is 38.1 Å². The molecule has 13 heavy (non-hydrogen) atoms. The summed E-state index contributed by atoms with van der Waals surface area (Å²) in [7, 11) is 3.68. The van der Waals surface area contributed by atoms with Crippen LogP contribution >= 0.6 is 0 Å². The lowest BCUT2D eigenvalue weighted by Crippen LogP contribution is -2.36. The topological polar surface area (TPSA) is 38.5 Å². The van der Waals surface area contributed by atoms with E-state index in [1.807, 2.05) is 12.1 Å². The van der Waals surface area contributed by atoms with E-state index in [9.17, 15) is 0 Å². The third-order valence-corrected chi connectivity index (χ3v) is 3.02. The molecule has 1 saturated carbocycles. The lowest BCUT2D eigenvalue weighted by Gasteiger charge is -2.25. The third-order valence-electron chi connectivity index (χ3n) is 3.02. The van der Waals surface area contributed by atoms with Crippen molar-refractivity contribution in [3.63, 3.8) is 0 Å². The van der Waals surface area contributed by atoms with Crippen molar-refractivity contribution >= 4 is 0 Å². The minimum absolute atomic E-state index is 0.375. The fourth-order valence-corrected chi connectivity index (χ4v) is 2.04. The second kappa shape index (κ2) is 5.58. The van der Waals surface area contributed by atoms with Crippen LogP contribution in [-0.2, 0) is 4.84 Å². The van der Waals surface area contributed by atoms with Crippen molar-refractivity contribution < 1.29 is 4.84 Å². The molecule has 0 spiro atoms. The summed E-state index contributed by atoms with van der Waals surface area (Å²) < 4.78 is 0. The summed E-state index contributed by atoms with van der Waals surface area (Å²) in [6, 6.07) is 0.375. The van der Waals surface area contributed by atoms with Gasteiger partial charge in [0.2, 0.25) is 0 Å². The maximum absolute atomic E-state index is 6.10. The molecule has 0 radical (unpaired) electrons. The van der Waals surface area contributed by atoms with Crippen LogP contribution < -0.4 is 5.73 Å². The molecule has 0 heterocycles. The van der Waals surface area contributed by atoms with Gasteiger partial charge in [-0.15, -0.1) is 0 Å². The molecule has 0 aromatic heterocycles. The van der Waals surface area contributed by atoms with E-state index >= 15 is 0 Å². The van der Waals surface area contributed by atoms with Crippen LogP contribution in [0.25, 0.3) is 0 Å². The first-order valence-corrected chi connectivity index (χ1v) is 5.25. The van der Waals surface area contributed by atoms with Gasteiger partial charge in [0.1, 0.15) is 0 Å². The van der Waals surface area contributed by atoms with E-state index in [1.165, 1.54) is 32.1 Å². The molecule has 0 aromatic rings. The molecule has 1 fully saturated rings. The molecule has 0 saturated heterocycles. The highest BCUT2D eigenvalue weighted by Gasteiger charge is 2.21. The predicted octanol–water partition coefficient (Wildman–Crippen LogP) is 1.39.